The third-order valence-corrected chi connectivity index (χ3v) is 13.6. The highest BCUT2D eigenvalue weighted by Crippen LogP contribution is 2.66. The lowest BCUT2D eigenvalue weighted by atomic mass is 9.65. The van der Waals surface area contributed by atoms with Gasteiger partial charge in [-0.05, 0) is 82.4 Å². The molecule has 0 bridgehead atoms. The van der Waals surface area contributed by atoms with Gasteiger partial charge in [-0.2, -0.15) is 0 Å². The molecule has 3 N–H and O–H groups in total. The molecule has 338 valence electrons. The number of rotatable bonds is 9. The number of fused-ring (bicyclic) bond motifs is 4. The Morgan fingerprint density at radius 2 is 1.54 bits per heavy atom. The number of aliphatic hydroxyl groups is 1. The number of phenolic OH excluding ortho intramolecular Hbond substituents is 1. The molecule has 0 radical (unpaired) electrons. The van der Waals surface area contributed by atoms with Crippen LogP contribution < -0.4 is 10.2 Å². The number of esters is 1. The van der Waals surface area contributed by atoms with Crippen LogP contribution in [0.3, 0.4) is 0 Å². The first-order valence-corrected chi connectivity index (χ1v) is 22.4. The van der Waals surface area contributed by atoms with Gasteiger partial charge in [-0.1, -0.05) is 108 Å². The Kier molecular flexibility index (Phi) is 11.5. The quantitative estimate of drug-likeness (QED) is 0.0542. The number of thiazole rings is 1. The average molecular weight is 926 g/mol. The second-order valence-electron chi connectivity index (χ2n) is 16.5. The van der Waals surface area contributed by atoms with Crippen LogP contribution in [-0.2, 0) is 35.9 Å². The molecule has 16 heteroatoms. The summed E-state index contributed by atoms with van der Waals surface area (Å²) < 4.78 is 13.1. The second-order valence-corrected chi connectivity index (χ2v) is 17.5. The van der Waals surface area contributed by atoms with Crippen LogP contribution in [-0.4, -0.2) is 61.5 Å². The van der Waals surface area contributed by atoms with Crippen molar-refractivity contribution in [3.05, 3.63) is 195 Å². The van der Waals surface area contributed by atoms with Crippen molar-refractivity contribution >= 4 is 61.9 Å². The van der Waals surface area contributed by atoms with E-state index in [1.165, 1.54) is 53.8 Å². The Morgan fingerprint density at radius 3 is 2.24 bits per heavy atom. The fourth-order valence-corrected chi connectivity index (χ4v) is 10.7. The fraction of sp³-hybridized carbons (Fsp3) is 0.173. The Hall–Kier alpha value is -8.23. The molecule has 6 atom stereocenters. The number of nitro groups is 1. The van der Waals surface area contributed by atoms with E-state index in [9.17, 15) is 25.1 Å². The zero-order valence-corrected chi connectivity index (χ0v) is 36.6. The summed E-state index contributed by atoms with van der Waals surface area (Å²) in [5.41, 5.74) is 1.06. The van der Waals surface area contributed by atoms with E-state index < -0.39 is 64.4 Å². The van der Waals surface area contributed by atoms with Gasteiger partial charge in [0.1, 0.15) is 29.9 Å². The van der Waals surface area contributed by atoms with Crippen molar-refractivity contribution in [3.63, 3.8) is 0 Å². The predicted octanol–water partition coefficient (Wildman–Crippen LogP) is 8.29. The van der Waals surface area contributed by atoms with Crippen LogP contribution >= 0.6 is 11.3 Å². The predicted molar refractivity (Wildman–Crippen MR) is 250 cm³/mol. The Labute approximate surface area is 392 Å². The van der Waals surface area contributed by atoms with Gasteiger partial charge in [0, 0.05) is 24.1 Å². The molecule has 3 aliphatic rings. The Bertz CT molecular complexity index is 3140. The number of carbonyl (C=O) groups is 4. The zero-order chi connectivity index (χ0) is 47.1. The van der Waals surface area contributed by atoms with Crippen molar-refractivity contribution in [2.24, 2.45) is 5.92 Å². The molecule has 0 aliphatic carbocycles. The summed E-state index contributed by atoms with van der Waals surface area (Å²) in [5.74, 6) is 1.77. The number of hydrogen-bond donors (Lipinski definition) is 3. The number of phenols is 1. The molecule has 4 heterocycles. The maximum atomic E-state index is 16.4. The van der Waals surface area contributed by atoms with Gasteiger partial charge < -0.3 is 25.0 Å². The molecule has 68 heavy (non-hydrogen) atoms. The van der Waals surface area contributed by atoms with Gasteiger partial charge in [0.05, 0.1) is 45.4 Å². The fourth-order valence-electron chi connectivity index (χ4n) is 9.87. The number of para-hydroxylation sites is 1. The van der Waals surface area contributed by atoms with Crippen LogP contribution in [0.2, 0.25) is 0 Å². The van der Waals surface area contributed by atoms with Crippen LogP contribution in [0.4, 0.5) is 21.3 Å². The Balaban J connectivity index is 1.23. The monoisotopic (exact) mass is 925 g/mol. The van der Waals surface area contributed by atoms with E-state index in [-0.39, 0.29) is 47.5 Å². The number of ether oxygens (including phenoxy) is 2. The van der Waals surface area contributed by atoms with Crippen molar-refractivity contribution in [1.29, 1.82) is 0 Å². The number of benzene rings is 6. The van der Waals surface area contributed by atoms with E-state index in [1.54, 1.807) is 30.3 Å². The number of nitrogens with zero attached hydrogens (tertiary/aromatic N) is 4. The third kappa shape index (κ3) is 7.48. The first-order chi connectivity index (χ1) is 33.1. The molecule has 7 aromatic rings. The number of imide groups is 1. The molecule has 10 rings (SSSR count). The molecule has 6 unspecified atom stereocenters. The van der Waals surface area contributed by atoms with Crippen molar-refractivity contribution in [3.8, 4) is 17.6 Å². The highest BCUT2D eigenvalue weighted by molar-refractivity contribution is 7.22. The van der Waals surface area contributed by atoms with Crippen LogP contribution in [0.5, 0.6) is 5.75 Å². The summed E-state index contributed by atoms with van der Waals surface area (Å²) in [6.45, 7) is -0.597. The van der Waals surface area contributed by atoms with Crippen molar-refractivity contribution < 1.29 is 43.8 Å². The van der Waals surface area contributed by atoms with Crippen LogP contribution in [0, 0.1) is 27.9 Å². The van der Waals surface area contributed by atoms with Gasteiger partial charge in [0.15, 0.2) is 5.13 Å². The van der Waals surface area contributed by atoms with Crippen molar-refractivity contribution in [1.82, 2.24) is 9.88 Å². The largest absolute Gasteiger partial charge is 0.508 e. The number of aromatic hydroxyl groups is 1. The third-order valence-electron chi connectivity index (χ3n) is 12.6. The summed E-state index contributed by atoms with van der Waals surface area (Å²) in [6, 6.07) is 38.5. The summed E-state index contributed by atoms with van der Waals surface area (Å²) in [7, 11) is 0. The number of morpholine rings is 1. The number of aromatic nitrogens is 1. The number of non-ortho nitro benzene ring substituents is 1. The van der Waals surface area contributed by atoms with E-state index in [4.69, 9.17) is 9.47 Å². The lowest BCUT2D eigenvalue weighted by Gasteiger charge is -2.46. The maximum Gasteiger partial charge on any atom is 0.421 e. The molecule has 6 aromatic carbocycles. The van der Waals surface area contributed by atoms with Crippen molar-refractivity contribution in [2.75, 3.05) is 16.8 Å². The second kappa shape index (κ2) is 17.9. The maximum absolute atomic E-state index is 16.4. The number of anilines is 2. The van der Waals surface area contributed by atoms with Crippen LogP contribution in [0.1, 0.15) is 58.0 Å². The van der Waals surface area contributed by atoms with E-state index in [0.717, 1.165) is 9.60 Å². The lowest BCUT2D eigenvalue weighted by molar-refractivity contribution is -0.384. The van der Waals surface area contributed by atoms with Crippen LogP contribution in [0.15, 0.2) is 152 Å². The highest BCUT2D eigenvalue weighted by Gasteiger charge is 2.76. The van der Waals surface area contributed by atoms with E-state index >= 15 is 14.4 Å². The topological polar surface area (TPSA) is 202 Å². The summed E-state index contributed by atoms with van der Waals surface area (Å²) in [5, 5.41) is 34.9. The Morgan fingerprint density at radius 1 is 0.853 bits per heavy atom. The number of carbonyl (C=O) groups excluding carboxylic acids is 4. The van der Waals surface area contributed by atoms with Gasteiger partial charge in [-0.15, -0.1) is 0 Å². The normalized spacial score (nSPS) is 21.7. The van der Waals surface area contributed by atoms with Gasteiger partial charge in [-0.25, -0.2) is 14.7 Å². The summed E-state index contributed by atoms with van der Waals surface area (Å²) >= 11 is 1.21. The highest BCUT2D eigenvalue weighted by atomic mass is 32.1. The summed E-state index contributed by atoms with van der Waals surface area (Å²) in [4.78, 5) is 80.4. The van der Waals surface area contributed by atoms with Crippen molar-refractivity contribution in [2.45, 2.75) is 42.7 Å². The number of aliphatic hydroxyl groups excluding tert-OH is 1. The lowest BCUT2D eigenvalue weighted by Crippen LogP contribution is -2.54. The summed E-state index contributed by atoms with van der Waals surface area (Å²) in [6.07, 6.45) is -1.96. The zero-order valence-electron chi connectivity index (χ0n) is 35.8. The molecule has 1 aromatic heterocycles. The molecule has 0 saturated carbocycles. The average Bonchev–Trinajstić information content (AvgIpc) is 3.99. The molecule has 2 fully saturated rings. The molecule has 1 spiro atoms. The van der Waals surface area contributed by atoms with E-state index in [2.05, 4.69) is 22.1 Å². The SMILES string of the molecule is O=C1OC(c2ccccc2)C(c2ccccc2)N2C1C(C(=O)Nc1nc3ccccc3s1)C1(C(=O)N(C(=O)OCc3ccc([N+](=O)[O-])cc3)c3ccc(C#CCCO)cc31)C2c1ccc(O)cc1. The standard InChI is InChI=1S/C52H39N5O10S/c58-28-10-9-11-31-20-27-40-38(29-31)52(49(62)55(40)51(63)66-30-32-18-23-36(24-19-32)57(64)65)42(47(60)54-50-53-39-16-7-8-17-41(39)68-50)44-48(61)67-45(34-14-5-2-6-15-34)43(33-12-3-1-4-13-33)56(44)46(52)35-21-25-37(59)26-22-35/h1-8,12-27,29,42-46,58-59H,10,28,30H2,(H,53,54,60). The number of hydrogen-bond acceptors (Lipinski definition) is 13. The molecule has 3 aliphatic heterocycles. The number of amides is 3. The number of nitro benzene ring substituents is 1. The molecular formula is C52H39N5O10S. The molecule has 15 nitrogen and oxygen atoms in total. The van der Waals surface area contributed by atoms with E-state index in [1.807, 2.05) is 83.8 Å². The number of cyclic esters (lactones) is 1. The number of nitrogens with one attached hydrogen (secondary N) is 1. The van der Waals surface area contributed by atoms with Gasteiger partial charge in [0.25, 0.3) is 5.69 Å². The first kappa shape index (κ1) is 43.7. The minimum atomic E-state index is -2.16. The van der Waals surface area contributed by atoms with Gasteiger partial charge >= 0.3 is 12.1 Å². The molecular weight excluding hydrogens is 887 g/mol. The minimum absolute atomic E-state index is 0.0575. The first-order valence-electron chi connectivity index (χ1n) is 21.6. The smallest absolute Gasteiger partial charge is 0.421 e. The molecule has 3 amide bonds. The molecule has 2 saturated heterocycles. The minimum Gasteiger partial charge on any atom is -0.508 e. The van der Waals surface area contributed by atoms with Gasteiger partial charge in [0.2, 0.25) is 11.8 Å². The van der Waals surface area contributed by atoms with Crippen LogP contribution in [0.25, 0.3) is 10.2 Å². The van der Waals surface area contributed by atoms with E-state index in [0.29, 0.717) is 33.3 Å². The van der Waals surface area contributed by atoms with Gasteiger partial charge in [-0.3, -0.25) is 29.4 Å².